The number of anilines is 2. The Morgan fingerprint density at radius 2 is 1.52 bits per heavy atom. The third-order valence-electron chi connectivity index (χ3n) is 10.0. The van der Waals surface area contributed by atoms with Crippen LogP contribution in [-0.4, -0.2) is 58.2 Å². The lowest BCUT2D eigenvalue weighted by Crippen LogP contribution is -2.35. The third-order valence-corrected chi connectivity index (χ3v) is 14.3. The van der Waals surface area contributed by atoms with Gasteiger partial charge in [-0.15, -0.1) is 11.8 Å². The van der Waals surface area contributed by atoms with Crippen LogP contribution in [0.1, 0.15) is 48.2 Å². The summed E-state index contributed by atoms with van der Waals surface area (Å²) in [7, 11) is -10.8. The zero-order chi connectivity index (χ0) is 41.7. The smallest absolute Gasteiger partial charge is 0.388 e. The van der Waals surface area contributed by atoms with E-state index in [-0.39, 0.29) is 11.5 Å². The Morgan fingerprint density at radius 3 is 2.16 bits per heavy atom. The first-order valence-electron chi connectivity index (χ1n) is 18.4. The first-order chi connectivity index (χ1) is 27.6. The number of nitrogens with zero attached hydrogens (tertiary/aromatic N) is 1. The van der Waals surface area contributed by atoms with Crippen molar-refractivity contribution in [2.24, 2.45) is 5.92 Å². The molecule has 1 amide bonds. The number of rotatable bonds is 14. The van der Waals surface area contributed by atoms with Gasteiger partial charge in [0.25, 0.3) is 25.8 Å². The number of carbonyl (C=O) groups excluding carboxylic acids is 1. The van der Waals surface area contributed by atoms with E-state index in [4.69, 9.17) is 11.6 Å². The number of nitrogens with one attached hydrogen (secondary N) is 2. The standard InChI is InChI=1S/C42H41ClF3N3O6S3/c1-2-32(27-56-34-8-4-3-5-9-34)47-38-21-20-35(26-39(38)57(52,53)42(44,45)46)58(54,55)48-41(51)30-14-18-33(19-15-30)49-24-22-29(23-25-49)40(50)37-11-7-6-10-36(37)28-12-16-31(43)17-13-28/h3-21,26,29,32,40,47,50H,2,22-25,27H2,1H3,(H,48,51)/t32-,40-/m1/s1. The molecule has 0 bridgehead atoms. The van der Waals surface area contributed by atoms with Gasteiger partial charge < -0.3 is 15.3 Å². The molecule has 0 aromatic heterocycles. The molecule has 5 aromatic rings. The number of thioether (sulfide) groups is 1. The van der Waals surface area contributed by atoms with Gasteiger partial charge in [-0.05, 0) is 109 Å². The molecule has 5 aromatic carbocycles. The highest BCUT2D eigenvalue weighted by Crippen LogP contribution is 2.39. The van der Waals surface area contributed by atoms with E-state index in [1.165, 1.54) is 23.9 Å². The Hall–Kier alpha value is -4.54. The lowest BCUT2D eigenvalue weighted by Gasteiger charge is -2.36. The number of sulfonamides is 1. The molecule has 9 nitrogen and oxygen atoms in total. The maximum atomic E-state index is 13.9. The fourth-order valence-electron chi connectivity index (χ4n) is 6.77. The lowest BCUT2D eigenvalue weighted by molar-refractivity contribution is -0.0435. The van der Waals surface area contributed by atoms with E-state index >= 15 is 0 Å². The van der Waals surface area contributed by atoms with Crippen LogP contribution in [0.4, 0.5) is 24.5 Å². The highest BCUT2D eigenvalue weighted by atomic mass is 35.5. The van der Waals surface area contributed by atoms with Crippen molar-refractivity contribution < 1.29 is 39.9 Å². The summed E-state index contributed by atoms with van der Waals surface area (Å²) in [5.41, 5.74) is -2.70. The van der Waals surface area contributed by atoms with Crippen LogP contribution in [0, 0.1) is 5.92 Å². The second kappa shape index (κ2) is 18.2. The van der Waals surface area contributed by atoms with Crippen LogP contribution in [0.15, 0.2) is 136 Å². The molecule has 58 heavy (non-hydrogen) atoms. The van der Waals surface area contributed by atoms with Gasteiger partial charge in [-0.3, -0.25) is 4.79 Å². The lowest BCUT2D eigenvalue weighted by atomic mass is 9.84. The number of piperidine rings is 1. The number of carbonyl (C=O) groups is 1. The van der Waals surface area contributed by atoms with Gasteiger partial charge in [0, 0.05) is 46.1 Å². The molecular formula is C42H41ClF3N3O6S3. The average molecular weight is 872 g/mol. The number of aliphatic hydroxyl groups excluding tert-OH is 1. The maximum Gasteiger partial charge on any atom is 0.501 e. The van der Waals surface area contributed by atoms with E-state index in [9.17, 15) is 39.9 Å². The summed E-state index contributed by atoms with van der Waals surface area (Å²) in [6, 6.07) is 32.4. The first-order valence-corrected chi connectivity index (χ1v) is 22.7. The molecule has 0 saturated carbocycles. The minimum absolute atomic E-state index is 0.0110. The number of amides is 1. The summed E-state index contributed by atoms with van der Waals surface area (Å²) in [5, 5.41) is 14.9. The number of sulfone groups is 1. The van der Waals surface area contributed by atoms with Crippen molar-refractivity contribution in [3.05, 3.63) is 137 Å². The third kappa shape index (κ3) is 10.0. The van der Waals surface area contributed by atoms with Crippen LogP contribution in [-0.2, 0) is 19.9 Å². The fraction of sp³-hybridized carbons (Fsp3) is 0.262. The molecule has 0 unspecified atom stereocenters. The monoisotopic (exact) mass is 871 g/mol. The Labute approximate surface area is 345 Å². The summed E-state index contributed by atoms with van der Waals surface area (Å²) < 4.78 is 95.6. The second-order valence-corrected chi connectivity index (χ2v) is 18.9. The fourth-order valence-corrected chi connectivity index (χ4v) is 9.98. The molecular weight excluding hydrogens is 831 g/mol. The van der Waals surface area contributed by atoms with Crippen LogP contribution in [0.5, 0.6) is 0 Å². The summed E-state index contributed by atoms with van der Waals surface area (Å²) in [4.78, 5) is 14.0. The summed E-state index contributed by atoms with van der Waals surface area (Å²) in [6.07, 6.45) is 1.09. The Kier molecular flexibility index (Phi) is 13.5. The Bertz CT molecular complexity index is 2430. The highest BCUT2D eigenvalue weighted by Gasteiger charge is 2.48. The van der Waals surface area contributed by atoms with Crippen molar-refractivity contribution in [1.29, 1.82) is 0 Å². The van der Waals surface area contributed by atoms with Crippen molar-refractivity contribution in [3.8, 4) is 11.1 Å². The molecule has 0 spiro atoms. The molecule has 1 aliphatic rings. The zero-order valence-electron chi connectivity index (χ0n) is 31.2. The molecule has 16 heteroatoms. The van der Waals surface area contributed by atoms with Gasteiger partial charge in [0.05, 0.1) is 16.7 Å². The second-order valence-electron chi connectivity index (χ2n) is 13.8. The molecule has 6 rings (SSSR count). The Morgan fingerprint density at radius 1 is 0.879 bits per heavy atom. The molecule has 306 valence electrons. The van der Waals surface area contributed by atoms with Gasteiger partial charge in [0.15, 0.2) is 0 Å². The maximum absolute atomic E-state index is 13.9. The van der Waals surface area contributed by atoms with Gasteiger partial charge in [-0.1, -0.05) is 73.1 Å². The number of hydrogen-bond acceptors (Lipinski definition) is 9. The van der Waals surface area contributed by atoms with E-state index < -0.39 is 58.9 Å². The average Bonchev–Trinajstić information content (AvgIpc) is 3.22. The molecule has 1 saturated heterocycles. The van der Waals surface area contributed by atoms with Crippen molar-refractivity contribution in [2.45, 2.75) is 58.5 Å². The normalized spacial score (nSPS) is 15.1. The molecule has 1 heterocycles. The van der Waals surface area contributed by atoms with E-state index in [0.717, 1.165) is 39.4 Å². The van der Waals surface area contributed by atoms with Crippen LogP contribution in [0.2, 0.25) is 5.02 Å². The molecule has 0 aliphatic carbocycles. The molecule has 1 aliphatic heterocycles. The van der Waals surface area contributed by atoms with Gasteiger partial charge in [0.2, 0.25) is 0 Å². The molecule has 2 atom stereocenters. The van der Waals surface area contributed by atoms with Crippen LogP contribution in [0.3, 0.4) is 0 Å². The summed E-state index contributed by atoms with van der Waals surface area (Å²) >= 11 is 7.50. The predicted octanol–water partition coefficient (Wildman–Crippen LogP) is 9.35. The number of halogens is 4. The topological polar surface area (TPSA) is 133 Å². The van der Waals surface area contributed by atoms with Gasteiger partial charge in [0.1, 0.15) is 4.90 Å². The van der Waals surface area contributed by atoms with E-state index in [1.54, 1.807) is 19.1 Å². The van der Waals surface area contributed by atoms with Gasteiger partial charge >= 0.3 is 5.51 Å². The molecule has 0 radical (unpaired) electrons. The zero-order valence-corrected chi connectivity index (χ0v) is 34.4. The number of aliphatic hydroxyl groups is 1. The summed E-state index contributed by atoms with van der Waals surface area (Å²) in [6.45, 7) is 3.01. The van der Waals surface area contributed by atoms with Crippen LogP contribution < -0.4 is 14.9 Å². The van der Waals surface area contributed by atoms with Gasteiger partial charge in [-0.25, -0.2) is 21.6 Å². The number of hydrogen-bond donors (Lipinski definition) is 3. The van der Waals surface area contributed by atoms with Crippen molar-refractivity contribution in [2.75, 3.05) is 29.1 Å². The van der Waals surface area contributed by atoms with Gasteiger partial charge in [-0.2, -0.15) is 13.2 Å². The van der Waals surface area contributed by atoms with E-state index in [1.807, 2.05) is 83.6 Å². The SMILES string of the molecule is CC[C@H](CSc1ccccc1)Nc1ccc(S(=O)(=O)NC(=O)c2ccc(N3CCC([C@@H](O)c4ccccc4-c4ccc(Cl)cc4)CC3)cc2)cc1S(=O)(=O)C(F)(F)F. The first kappa shape index (κ1) is 43.0. The largest absolute Gasteiger partial charge is 0.501 e. The minimum atomic E-state index is -6.01. The van der Waals surface area contributed by atoms with Crippen molar-refractivity contribution in [1.82, 2.24) is 4.72 Å². The molecule has 1 fully saturated rings. The number of alkyl halides is 3. The van der Waals surface area contributed by atoms with Crippen molar-refractivity contribution in [3.63, 3.8) is 0 Å². The predicted molar refractivity (Wildman–Crippen MR) is 222 cm³/mol. The Balaban J connectivity index is 1.11. The van der Waals surface area contributed by atoms with Crippen LogP contribution in [0.25, 0.3) is 11.1 Å². The molecule has 3 N–H and O–H groups in total. The quantitative estimate of drug-likeness (QED) is 0.0935. The van der Waals surface area contributed by atoms with Crippen molar-refractivity contribution >= 4 is 60.5 Å². The van der Waals surface area contributed by atoms with E-state index in [2.05, 4.69) is 10.2 Å². The van der Waals surface area contributed by atoms with E-state index in [0.29, 0.717) is 49.2 Å². The van der Waals surface area contributed by atoms with Crippen LogP contribution >= 0.6 is 23.4 Å². The number of benzene rings is 5. The highest BCUT2D eigenvalue weighted by molar-refractivity contribution is 7.99. The summed E-state index contributed by atoms with van der Waals surface area (Å²) in [5.74, 6) is -0.689. The minimum Gasteiger partial charge on any atom is -0.388 e.